The lowest BCUT2D eigenvalue weighted by molar-refractivity contribution is 0.102. The summed E-state index contributed by atoms with van der Waals surface area (Å²) in [5.41, 5.74) is 5.61. The largest absolute Gasteiger partial charge is 0.372 e. The van der Waals surface area contributed by atoms with Gasteiger partial charge in [0.25, 0.3) is 5.91 Å². The lowest BCUT2D eigenvalue weighted by Crippen LogP contribution is -2.29. The van der Waals surface area contributed by atoms with Crippen LogP contribution < -0.4 is 10.2 Å². The molecule has 0 saturated carbocycles. The lowest BCUT2D eigenvalue weighted by Gasteiger charge is -2.29. The maximum absolute atomic E-state index is 13.0. The van der Waals surface area contributed by atoms with Crippen molar-refractivity contribution in [2.24, 2.45) is 0 Å². The minimum absolute atomic E-state index is 0.194. The topological polar surface area (TPSA) is 56.1 Å². The van der Waals surface area contributed by atoms with E-state index in [-0.39, 0.29) is 5.91 Å². The molecule has 0 aliphatic carbocycles. The summed E-state index contributed by atoms with van der Waals surface area (Å²) in [6, 6.07) is 23.8. The monoisotopic (exact) mass is 395 g/mol. The Hall–Kier alpha value is -3.58. The third kappa shape index (κ3) is 4.21. The van der Waals surface area contributed by atoms with Crippen LogP contribution in [0.5, 0.6) is 0 Å². The summed E-state index contributed by atoms with van der Waals surface area (Å²) in [5, 5.41) is 12.7. The number of piperidine rings is 1. The van der Waals surface area contributed by atoms with Crippen LogP contribution in [0.1, 0.15) is 40.7 Å². The molecule has 0 radical (unpaired) electrons. The van der Waals surface area contributed by atoms with Gasteiger partial charge in [0.2, 0.25) is 0 Å². The zero-order valence-electron chi connectivity index (χ0n) is 17.2. The van der Waals surface area contributed by atoms with Gasteiger partial charge in [-0.25, -0.2) is 0 Å². The first kappa shape index (κ1) is 19.7. The number of hydrogen-bond donors (Lipinski definition) is 1. The van der Waals surface area contributed by atoms with Crippen LogP contribution in [0, 0.1) is 18.3 Å². The van der Waals surface area contributed by atoms with Crippen LogP contribution in [-0.4, -0.2) is 19.0 Å². The van der Waals surface area contributed by atoms with Crippen molar-refractivity contribution in [2.75, 3.05) is 23.3 Å². The minimum atomic E-state index is -0.194. The molecule has 1 aliphatic rings. The van der Waals surface area contributed by atoms with Gasteiger partial charge in [0.15, 0.2) is 0 Å². The summed E-state index contributed by atoms with van der Waals surface area (Å²) < 4.78 is 0. The van der Waals surface area contributed by atoms with Crippen molar-refractivity contribution < 1.29 is 4.79 Å². The quantitative estimate of drug-likeness (QED) is 0.609. The van der Waals surface area contributed by atoms with Crippen LogP contribution in [0.25, 0.3) is 11.1 Å². The number of nitrogens with zero attached hydrogens (tertiary/aromatic N) is 2. The molecule has 0 aromatic heterocycles. The average molecular weight is 396 g/mol. The predicted octanol–water partition coefficient (Wildman–Crippen LogP) is 5.78. The highest BCUT2D eigenvalue weighted by atomic mass is 16.1. The van der Waals surface area contributed by atoms with Gasteiger partial charge in [-0.15, -0.1) is 0 Å². The van der Waals surface area contributed by atoms with E-state index in [0.717, 1.165) is 35.5 Å². The van der Waals surface area contributed by atoms with Crippen LogP contribution >= 0.6 is 0 Å². The molecular weight excluding hydrogens is 370 g/mol. The molecule has 30 heavy (non-hydrogen) atoms. The normalized spacial score (nSPS) is 13.5. The van der Waals surface area contributed by atoms with Gasteiger partial charge in [0, 0.05) is 24.3 Å². The molecule has 1 aliphatic heterocycles. The Morgan fingerprint density at radius 1 is 0.933 bits per heavy atom. The third-order valence-electron chi connectivity index (χ3n) is 5.63. The average Bonchev–Trinajstić information content (AvgIpc) is 2.81. The van der Waals surface area contributed by atoms with E-state index in [2.05, 4.69) is 22.4 Å². The Morgan fingerprint density at radius 2 is 1.70 bits per heavy atom. The van der Waals surface area contributed by atoms with E-state index in [1.54, 1.807) is 0 Å². The first-order valence-corrected chi connectivity index (χ1v) is 10.4. The zero-order chi connectivity index (χ0) is 20.9. The van der Waals surface area contributed by atoms with Crippen molar-refractivity contribution in [3.05, 3.63) is 83.4 Å². The zero-order valence-corrected chi connectivity index (χ0v) is 17.2. The van der Waals surface area contributed by atoms with Crippen molar-refractivity contribution in [3.63, 3.8) is 0 Å². The summed E-state index contributed by atoms with van der Waals surface area (Å²) in [4.78, 5) is 15.3. The van der Waals surface area contributed by atoms with Crippen LogP contribution in [0.3, 0.4) is 0 Å². The highest BCUT2D eigenvalue weighted by Gasteiger charge is 2.16. The van der Waals surface area contributed by atoms with E-state index in [1.807, 2.05) is 67.6 Å². The predicted molar refractivity (Wildman–Crippen MR) is 122 cm³/mol. The van der Waals surface area contributed by atoms with E-state index in [9.17, 15) is 10.1 Å². The number of rotatable bonds is 4. The third-order valence-corrected chi connectivity index (χ3v) is 5.63. The van der Waals surface area contributed by atoms with Gasteiger partial charge in [-0.1, -0.05) is 36.4 Å². The molecule has 1 fully saturated rings. The molecular formula is C26H25N3O. The maximum atomic E-state index is 13.0. The van der Waals surface area contributed by atoms with Crippen LogP contribution in [-0.2, 0) is 0 Å². The van der Waals surface area contributed by atoms with Crippen molar-refractivity contribution in [1.82, 2.24) is 0 Å². The number of benzene rings is 3. The van der Waals surface area contributed by atoms with Gasteiger partial charge in [0.05, 0.1) is 11.3 Å². The second-order valence-electron chi connectivity index (χ2n) is 7.75. The number of aryl methyl sites for hydroxylation is 1. The molecule has 3 aromatic carbocycles. The van der Waals surface area contributed by atoms with Gasteiger partial charge < -0.3 is 10.2 Å². The highest BCUT2D eigenvalue weighted by Crippen LogP contribution is 2.29. The van der Waals surface area contributed by atoms with Crippen molar-refractivity contribution >= 4 is 17.3 Å². The highest BCUT2D eigenvalue weighted by molar-refractivity contribution is 6.06. The Morgan fingerprint density at radius 3 is 2.43 bits per heavy atom. The second kappa shape index (κ2) is 8.84. The van der Waals surface area contributed by atoms with Gasteiger partial charge in [-0.3, -0.25) is 4.79 Å². The number of nitrogens with one attached hydrogen (secondary N) is 1. The molecule has 1 saturated heterocycles. The standard InChI is InChI=1S/C26H25N3O/c1-19-15-22(20-9-4-2-5-10-20)16-23(18-27)25(19)28-26(30)21-11-8-12-24(17-21)29-13-6-3-7-14-29/h2,4-5,8-12,15-17H,3,6-7,13-14H2,1H3,(H,28,30). The fraction of sp³-hybridized carbons (Fsp3) is 0.231. The van der Waals surface area contributed by atoms with E-state index in [1.165, 1.54) is 19.3 Å². The molecule has 3 aromatic rings. The lowest BCUT2D eigenvalue weighted by atomic mass is 9.98. The van der Waals surface area contributed by atoms with Gasteiger partial charge in [-0.2, -0.15) is 5.26 Å². The molecule has 4 heteroatoms. The maximum Gasteiger partial charge on any atom is 0.255 e. The van der Waals surface area contributed by atoms with Crippen molar-refractivity contribution in [3.8, 4) is 17.2 Å². The Balaban J connectivity index is 1.60. The molecule has 0 spiro atoms. The first-order valence-electron chi connectivity index (χ1n) is 10.4. The van der Waals surface area contributed by atoms with Crippen LogP contribution in [0.2, 0.25) is 0 Å². The molecule has 0 atom stereocenters. The molecule has 1 N–H and O–H groups in total. The van der Waals surface area contributed by atoms with E-state index >= 15 is 0 Å². The summed E-state index contributed by atoms with van der Waals surface area (Å²) >= 11 is 0. The van der Waals surface area contributed by atoms with Gasteiger partial charge >= 0.3 is 0 Å². The van der Waals surface area contributed by atoms with Crippen molar-refractivity contribution in [2.45, 2.75) is 26.2 Å². The smallest absolute Gasteiger partial charge is 0.255 e. The number of amides is 1. The molecule has 1 heterocycles. The summed E-state index contributed by atoms with van der Waals surface area (Å²) in [6.07, 6.45) is 3.65. The number of carbonyl (C=O) groups excluding carboxylic acids is 1. The molecule has 0 bridgehead atoms. The first-order chi connectivity index (χ1) is 14.7. The minimum Gasteiger partial charge on any atom is -0.372 e. The Kier molecular flexibility index (Phi) is 5.81. The summed E-state index contributed by atoms with van der Waals surface area (Å²) in [6.45, 7) is 3.99. The summed E-state index contributed by atoms with van der Waals surface area (Å²) in [5.74, 6) is -0.194. The van der Waals surface area contributed by atoms with Crippen LogP contribution in [0.15, 0.2) is 66.7 Å². The second-order valence-corrected chi connectivity index (χ2v) is 7.75. The Bertz CT molecular complexity index is 1090. The number of anilines is 2. The van der Waals surface area contributed by atoms with E-state index < -0.39 is 0 Å². The number of carbonyl (C=O) groups is 1. The van der Waals surface area contributed by atoms with Gasteiger partial charge in [0.1, 0.15) is 6.07 Å². The van der Waals surface area contributed by atoms with E-state index in [0.29, 0.717) is 16.8 Å². The number of nitriles is 1. The molecule has 4 rings (SSSR count). The molecule has 1 amide bonds. The fourth-order valence-corrected chi connectivity index (χ4v) is 4.02. The summed E-state index contributed by atoms with van der Waals surface area (Å²) in [7, 11) is 0. The fourth-order valence-electron chi connectivity index (χ4n) is 4.02. The van der Waals surface area contributed by atoms with Crippen LogP contribution in [0.4, 0.5) is 11.4 Å². The van der Waals surface area contributed by atoms with E-state index in [4.69, 9.17) is 0 Å². The number of hydrogen-bond acceptors (Lipinski definition) is 3. The Labute approximate surface area is 177 Å². The van der Waals surface area contributed by atoms with Crippen molar-refractivity contribution in [1.29, 1.82) is 5.26 Å². The van der Waals surface area contributed by atoms with Gasteiger partial charge in [-0.05, 0) is 73.2 Å². The molecule has 150 valence electrons. The molecule has 4 nitrogen and oxygen atoms in total. The molecule has 0 unspecified atom stereocenters. The SMILES string of the molecule is Cc1cc(-c2ccccc2)cc(C#N)c1NC(=O)c1cccc(N2CCCCC2)c1.